The minimum atomic E-state index is 0.101. The predicted molar refractivity (Wildman–Crippen MR) is 92.8 cm³/mol. The highest BCUT2D eigenvalue weighted by molar-refractivity contribution is 5.97. The van der Waals surface area contributed by atoms with Crippen LogP contribution in [-0.2, 0) is 16.0 Å². The molecular formula is C19H26N2O3. The number of aliphatic hydroxyl groups excluding tert-OH is 1. The van der Waals surface area contributed by atoms with Gasteiger partial charge in [0.25, 0.3) is 0 Å². The van der Waals surface area contributed by atoms with Crippen LogP contribution in [0.1, 0.15) is 44.1 Å². The number of hydrogen-bond donors (Lipinski definition) is 1. The maximum absolute atomic E-state index is 12.7. The van der Waals surface area contributed by atoms with Crippen LogP contribution in [0.25, 0.3) is 0 Å². The summed E-state index contributed by atoms with van der Waals surface area (Å²) in [6, 6.07) is 8.10. The fraction of sp³-hybridized carbons (Fsp3) is 0.579. The van der Waals surface area contributed by atoms with Crippen LogP contribution in [0.5, 0.6) is 0 Å². The van der Waals surface area contributed by atoms with E-state index in [9.17, 15) is 14.7 Å². The second kappa shape index (κ2) is 7.79. The largest absolute Gasteiger partial charge is 0.396 e. The van der Waals surface area contributed by atoms with E-state index in [0.717, 1.165) is 37.9 Å². The lowest BCUT2D eigenvalue weighted by molar-refractivity contribution is -0.135. The number of hydrogen-bond acceptors (Lipinski definition) is 3. The Morgan fingerprint density at radius 3 is 2.88 bits per heavy atom. The molecule has 130 valence electrons. The molecule has 3 rings (SSSR count). The normalized spacial score (nSPS) is 20.9. The van der Waals surface area contributed by atoms with Gasteiger partial charge in [0.1, 0.15) is 0 Å². The van der Waals surface area contributed by atoms with Gasteiger partial charge in [-0.1, -0.05) is 18.2 Å². The van der Waals surface area contributed by atoms with Crippen molar-refractivity contribution in [3.05, 3.63) is 29.8 Å². The van der Waals surface area contributed by atoms with E-state index in [4.69, 9.17) is 0 Å². The molecule has 1 aromatic rings. The molecule has 1 atom stereocenters. The molecule has 2 aliphatic heterocycles. The molecule has 1 saturated heterocycles. The minimum absolute atomic E-state index is 0.101. The molecule has 1 N–H and O–H groups in total. The zero-order chi connectivity index (χ0) is 16.9. The Hall–Kier alpha value is -1.88. The molecule has 1 aromatic carbocycles. The lowest BCUT2D eigenvalue weighted by Gasteiger charge is -2.36. The molecule has 0 aliphatic carbocycles. The average Bonchev–Trinajstić information content (AvgIpc) is 2.61. The number of piperidine rings is 1. The Labute approximate surface area is 143 Å². The lowest BCUT2D eigenvalue weighted by Crippen LogP contribution is -2.46. The van der Waals surface area contributed by atoms with Crippen LogP contribution in [-0.4, -0.2) is 47.6 Å². The molecule has 1 unspecified atom stereocenters. The number of aryl methyl sites for hydroxylation is 1. The molecule has 0 radical (unpaired) electrons. The number of benzene rings is 1. The van der Waals surface area contributed by atoms with Crippen LogP contribution in [0.3, 0.4) is 0 Å². The summed E-state index contributed by atoms with van der Waals surface area (Å²) in [6.07, 6.45) is 5.41. The molecule has 2 heterocycles. The van der Waals surface area contributed by atoms with Crippen LogP contribution >= 0.6 is 0 Å². The van der Waals surface area contributed by atoms with Crippen LogP contribution in [0, 0.1) is 0 Å². The zero-order valence-electron chi connectivity index (χ0n) is 14.1. The van der Waals surface area contributed by atoms with Gasteiger partial charge in [0.05, 0.1) is 0 Å². The van der Waals surface area contributed by atoms with Crippen LogP contribution in [0.2, 0.25) is 0 Å². The van der Waals surface area contributed by atoms with Crippen molar-refractivity contribution in [1.29, 1.82) is 0 Å². The topological polar surface area (TPSA) is 60.9 Å². The summed E-state index contributed by atoms with van der Waals surface area (Å²) >= 11 is 0. The molecule has 1 fully saturated rings. The molecule has 5 nitrogen and oxygen atoms in total. The first-order valence-electron chi connectivity index (χ1n) is 8.99. The van der Waals surface area contributed by atoms with Gasteiger partial charge in [-0.15, -0.1) is 0 Å². The second-order valence-corrected chi connectivity index (χ2v) is 6.67. The SMILES string of the molecule is O=C1CCc2ccccc2N1CCC(=O)N1CCCCC1CCO. The number of carbonyl (C=O) groups excluding carboxylic acids is 2. The number of rotatable bonds is 5. The van der Waals surface area contributed by atoms with E-state index in [1.54, 1.807) is 4.90 Å². The van der Waals surface area contributed by atoms with Crippen molar-refractivity contribution in [3.63, 3.8) is 0 Å². The zero-order valence-corrected chi connectivity index (χ0v) is 14.1. The van der Waals surface area contributed by atoms with E-state index in [1.165, 1.54) is 5.56 Å². The number of aliphatic hydroxyl groups is 1. The Morgan fingerprint density at radius 1 is 1.21 bits per heavy atom. The van der Waals surface area contributed by atoms with E-state index >= 15 is 0 Å². The van der Waals surface area contributed by atoms with Gasteiger partial charge in [-0.3, -0.25) is 9.59 Å². The number of carbonyl (C=O) groups is 2. The third-order valence-electron chi connectivity index (χ3n) is 5.15. The van der Waals surface area contributed by atoms with E-state index in [1.807, 2.05) is 23.1 Å². The molecule has 0 spiro atoms. The highest BCUT2D eigenvalue weighted by Crippen LogP contribution is 2.28. The third-order valence-corrected chi connectivity index (χ3v) is 5.15. The smallest absolute Gasteiger partial charge is 0.227 e. The Bertz CT molecular complexity index is 600. The molecule has 5 heteroatoms. The fourth-order valence-corrected chi connectivity index (χ4v) is 3.87. The van der Waals surface area contributed by atoms with Crippen molar-refractivity contribution in [2.24, 2.45) is 0 Å². The Kier molecular flexibility index (Phi) is 5.51. The highest BCUT2D eigenvalue weighted by atomic mass is 16.3. The van der Waals surface area contributed by atoms with Crippen molar-refractivity contribution in [2.75, 3.05) is 24.6 Å². The molecule has 24 heavy (non-hydrogen) atoms. The summed E-state index contributed by atoms with van der Waals surface area (Å²) in [5.74, 6) is 0.205. The van der Waals surface area contributed by atoms with E-state index < -0.39 is 0 Å². The lowest BCUT2D eigenvalue weighted by atomic mass is 9.98. The summed E-state index contributed by atoms with van der Waals surface area (Å²) < 4.78 is 0. The number of amides is 2. The number of nitrogens with zero attached hydrogens (tertiary/aromatic N) is 2. The Morgan fingerprint density at radius 2 is 2.04 bits per heavy atom. The van der Waals surface area contributed by atoms with Gasteiger partial charge < -0.3 is 14.9 Å². The summed E-state index contributed by atoms with van der Waals surface area (Å²) in [6.45, 7) is 1.33. The minimum Gasteiger partial charge on any atom is -0.396 e. The van der Waals surface area contributed by atoms with Gasteiger partial charge in [-0.2, -0.15) is 0 Å². The van der Waals surface area contributed by atoms with Crippen LogP contribution in [0.4, 0.5) is 5.69 Å². The van der Waals surface area contributed by atoms with Crippen molar-refractivity contribution in [1.82, 2.24) is 4.90 Å². The number of para-hydroxylation sites is 1. The molecule has 2 aliphatic rings. The first-order chi connectivity index (χ1) is 11.7. The van der Waals surface area contributed by atoms with E-state index in [2.05, 4.69) is 6.07 Å². The van der Waals surface area contributed by atoms with Gasteiger partial charge in [-0.25, -0.2) is 0 Å². The fourth-order valence-electron chi connectivity index (χ4n) is 3.87. The quantitative estimate of drug-likeness (QED) is 0.899. The van der Waals surface area contributed by atoms with Gasteiger partial charge in [-0.05, 0) is 43.7 Å². The summed E-state index contributed by atoms with van der Waals surface area (Å²) in [4.78, 5) is 28.6. The summed E-state index contributed by atoms with van der Waals surface area (Å²) in [5, 5.41) is 9.20. The third kappa shape index (κ3) is 3.61. The standard InChI is InChI=1S/C19H26N2O3/c22-14-11-16-6-3-4-12-20(16)19(24)10-13-21-17-7-2-1-5-15(17)8-9-18(21)23/h1-2,5,7,16,22H,3-4,6,8-14H2. The van der Waals surface area contributed by atoms with Crippen molar-refractivity contribution in [2.45, 2.75) is 51.0 Å². The summed E-state index contributed by atoms with van der Waals surface area (Å²) in [5.41, 5.74) is 2.13. The Balaban J connectivity index is 1.64. The van der Waals surface area contributed by atoms with Crippen molar-refractivity contribution < 1.29 is 14.7 Å². The van der Waals surface area contributed by atoms with Crippen molar-refractivity contribution in [3.8, 4) is 0 Å². The predicted octanol–water partition coefficient (Wildman–Crippen LogP) is 2.12. The van der Waals surface area contributed by atoms with Gasteiger partial charge >= 0.3 is 0 Å². The molecular weight excluding hydrogens is 304 g/mol. The average molecular weight is 330 g/mol. The maximum atomic E-state index is 12.7. The number of anilines is 1. The van der Waals surface area contributed by atoms with Crippen molar-refractivity contribution >= 4 is 17.5 Å². The first-order valence-corrected chi connectivity index (χ1v) is 8.99. The van der Waals surface area contributed by atoms with Gasteiger partial charge in [0, 0.05) is 44.3 Å². The highest BCUT2D eigenvalue weighted by Gasteiger charge is 2.28. The molecule has 0 bridgehead atoms. The van der Waals surface area contributed by atoms with Crippen LogP contribution < -0.4 is 4.90 Å². The molecule has 2 amide bonds. The molecule has 0 saturated carbocycles. The van der Waals surface area contributed by atoms with Crippen LogP contribution in [0.15, 0.2) is 24.3 Å². The van der Waals surface area contributed by atoms with Gasteiger partial charge in [0.15, 0.2) is 0 Å². The van der Waals surface area contributed by atoms with Gasteiger partial charge in [0.2, 0.25) is 11.8 Å². The number of likely N-dealkylation sites (tertiary alicyclic amines) is 1. The second-order valence-electron chi connectivity index (χ2n) is 6.67. The first kappa shape index (κ1) is 17.0. The summed E-state index contributed by atoms with van der Waals surface area (Å²) in [7, 11) is 0. The monoisotopic (exact) mass is 330 g/mol. The van der Waals surface area contributed by atoms with E-state index in [-0.39, 0.29) is 24.5 Å². The maximum Gasteiger partial charge on any atom is 0.227 e. The van der Waals surface area contributed by atoms with E-state index in [0.29, 0.717) is 25.8 Å². The molecule has 0 aromatic heterocycles. The number of fused-ring (bicyclic) bond motifs is 1.